The van der Waals surface area contributed by atoms with Gasteiger partial charge in [0.15, 0.2) is 0 Å². The van der Waals surface area contributed by atoms with Gasteiger partial charge in [0.1, 0.15) is 24.1 Å². The highest BCUT2D eigenvalue weighted by molar-refractivity contribution is 6.05. The zero-order valence-corrected chi connectivity index (χ0v) is 17.5. The minimum Gasteiger partial charge on any atom is -0.489 e. The fourth-order valence-electron chi connectivity index (χ4n) is 5.46. The largest absolute Gasteiger partial charge is 0.489 e. The molecule has 2 saturated heterocycles. The Labute approximate surface area is 180 Å². The average Bonchev–Trinajstić information content (AvgIpc) is 3.33. The number of nitrogens with one attached hydrogen (secondary N) is 1. The van der Waals surface area contributed by atoms with Crippen LogP contribution in [0.5, 0.6) is 5.75 Å². The Morgan fingerprint density at radius 3 is 2.61 bits per heavy atom. The maximum atomic E-state index is 13.5. The first-order chi connectivity index (χ1) is 15.0. The summed E-state index contributed by atoms with van der Waals surface area (Å²) in [4.78, 5) is 40.4. The third-order valence-corrected chi connectivity index (χ3v) is 7.13. The monoisotopic (exact) mass is 429 g/mol. The minimum absolute atomic E-state index is 0.0672. The Morgan fingerprint density at radius 2 is 1.84 bits per heavy atom. The first kappa shape index (κ1) is 20.4. The smallest absolute Gasteiger partial charge is 0.255 e. The lowest BCUT2D eigenvalue weighted by Gasteiger charge is -2.36. The van der Waals surface area contributed by atoms with E-state index in [0.29, 0.717) is 37.4 Å². The Bertz CT molecular complexity index is 899. The standard InChI is InChI=1S/C23H28FN3O4/c24-15-8-10-26(11-9-15)18-2-1-3-20(18)31-16-4-5-17-14(12-16)13-27(23(17)30)19-6-7-21(28)25-22(19)29/h4-5,12,15,18-20H,1-3,6-11,13H2,(H,25,28,29)/t18-,19?,20-/m1/s1. The summed E-state index contributed by atoms with van der Waals surface area (Å²) in [6, 6.07) is 5.20. The molecule has 3 aliphatic heterocycles. The van der Waals surface area contributed by atoms with Gasteiger partial charge in [0.25, 0.3) is 5.91 Å². The molecule has 3 atom stereocenters. The van der Waals surface area contributed by atoms with E-state index in [9.17, 15) is 18.8 Å². The number of nitrogens with zero attached hydrogens (tertiary/aromatic N) is 2. The van der Waals surface area contributed by atoms with E-state index >= 15 is 0 Å². The van der Waals surface area contributed by atoms with E-state index in [1.54, 1.807) is 11.0 Å². The first-order valence-corrected chi connectivity index (χ1v) is 11.3. The van der Waals surface area contributed by atoms with Crippen molar-refractivity contribution in [2.45, 2.75) is 75.8 Å². The maximum absolute atomic E-state index is 13.5. The number of benzene rings is 1. The van der Waals surface area contributed by atoms with Crippen molar-refractivity contribution in [1.29, 1.82) is 0 Å². The van der Waals surface area contributed by atoms with Gasteiger partial charge in [-0.15, -0.1) is 0 Å². The van der Waals surface area contributed by atoms with Gasteiger partial charge >= 0.3 is 0 Å². The van der Waals surface area contributed by atoms with Crippen LogP contribution < -0.4 is 10.1 Å². The molecule has 0 spiro atoms. The molecule has 1 aromatic carbocycles. The van der Waals surface area contributed by atoms with Crippen molar-refractivity contribution >= 4 is 17.7 Å². The van der Waals surface area contributed by atoms with Gasteiger partial charge in [-0.2, -0.15) is 0 Å². The van der Waals surface area contributed by atoms with Gasteiger partial charge in [0.05, 0.1) is 0 Å². The molecule has 1 aromatic rings. The molecular weight excluding hydrogens is 401 g/mol. The number of amides is 3. The SMILES string of the molecule is O=C1CCC(N2Cc3cc(O[C@@H]4CCC[C@H]4N4CCC(F)CC4)ccc3C2=O)C(=O)N1. The molecule has 0 radical (unpaired) electrons. The van der Waals surface area contributed by atoms with Crippen molar-refractivity contribution in [1.82, 2.24) is 15.1 Å². The number of piperidine rings is 2. The highest BCUT2D eigenvalue weighted by Crippen LogP contribution is 2.34. The number of halogens is 1. The Morgan fingerprint density at radius 1 is 1.03 bits per heavy atom. The molecule has 1 saturated carbocycles. The lowest BCUT2D eigenvalue weighted by molar-refractivity contribution is -0.136. The lowest BCUT2D eigenvalue weighted by atomic mass is 10.0. The highest BCUT2D eigenvalue weighted by Gasteiger charge is 2.40. The fourth-order valence-corrected chi connectivity index (χ4v) is 5.46. The van der Waals surface area contributed by atoms with E-state index in [4.69, 9.17) is 4.74 Å². The third kappa shape index (κ3) is 3.93. The van der Waals surface area contributed by atoms with Crippen LogP contribution >= 0.6 is 0 Å². The zero-order valence-electron chi connectivity index (χ0n) is 17.5. The van der Waals surface area contributed by atoms with Crippen molar-refractivity contribution in [2.75, 3.05) is 13.1 Å². The van der Waals surface area contributed by atoms with Gasteiger partial charge in [-0.25, -0.2) is 4.39 Å². The predicted octanol–water partition coefficient (Wildman–Crippen LogP) is 2.18. The van der Waals surface area contributed by atoms with Crippen LogP contribution in [0.3, 0.4) is 0 Å². The van der Waals surface area contributed by atoms with Crippen LogP contribution in [0.4, 0.5) is 4.39 Å². The number of carbonyl (C=O) groups is 3. The van der Waals surface area contributed by atoms with Crippen LogP contribution in [0, 0.1) is 0 Å². The number of hydrogen-bond donors (Lipinski definition) is 1. The Kier molecular flexibility index (Phi) is 5.42. The molecule has 0 bridgehead atoms. The molecule has 7 nitrogen and oxygen atoms in total. The number of likely N-dealkylation sites (tertiary alicyclic amines) is 1. The van der Waals surface area contributed by atoms with Crippen LogP contribution in [0.25, 0.3) is 0 Å². The number of fused-ring (bicyclic) bond motifs is 1. The number of rotatable bonds is 4. The molecule has 1 N–H and O–H groups in total. The van der Waals surface area contributed by atoms with E-state index in [1.165, 1.54) is 0 Å². The summed E-state index contributed by atoms with van der Waals surface area (Å²) in [6.07, 6.45) is 4.31. The molecule has 5 rings (SSSR count). The number of alkyl halides is 1. The predicted molar refractivity (Wildman–Crippen MR) is 110 cm³/mol. The van der Waals surface area contributed by atoms with Gasteiger partial charge in [-0.05, 0) is 62.3 Å². The minimum atomic E-state index is -0.682. The normalized spacial score (nSPS) is 29.9. The third-order valence-electron chi connectivity index (χ3n) is 7.13. The lowest BCUT2D eigenvalue weighted by Crippen LogP contribution is -2.52. The molecule has 1 aliphatic carbocycles. The molecule has 166 valence electrons. The second-order valence-electron chi connectivity index (χ2n) is 9.08. The average molecular weight is 429 g/mol. The Balaban J connectivity index is 1.27. The molecule has 3 heterocycles. The quantitative estimate of drug-likeness (QED) is 0.743. The summed E-state index contributed by atoms with van der Waals surface area (Å²) in [6.45, 7) is 1.91. The van der Waals surface area contributed by atoms with Gasteiger partial charge < -0.3 is 9.64 Å². The van der Waals surface area contributed by atoms with Gasteiger partial charge in [-0.1, -0.05) is 0 Å². The van der Waals surface area contributed by atoms with Gasteiger partial charge in [0, 0.05) is 37.7 Å². The molecule has 8 heteroatoms. The van der Waals surface area contributed by atoms with Crippen molar-refractivity contribution in [3.63, 3.8) is 0 Å². The van der Waals surface area contributed by atoms with Crippen LogP contribution in [-0.4, -0.2) is 65.0 Å². The zero-order chi connectivity index (χ0) is 21.5. The first-order valence-electron chi connectivity index (χ1n) is 11.3. The highest BCUT2D eigenvalue weighted by atomic mass is 19.1. The number of hydrogen-bond acceptors (Lipinski definition) is 5. The molecule has 31 heavy (non-hydrogen) atoms. The molecule has 3 fully saturated rings. The second kappa shape index (κ2) is 8.22. The molecule has 0 aromatic heterocycles. The summed E-state index contributed by atoms with van der Waals surface area (Å²) in [5, 5.41) is 2.33. The number of carbonyl (C=O) groups excluding carboxylic acids is 3. The van der Waals surface area contributed by atoms with Crippen LogP contribution in [-0.2, 0) is 16.1 Å². The van der Waals surface area contributed by atoms with Crippen LogP contribution in [0.15, 0.2) is 18.2 Å². The van der Waals surface area contributed by atoms with Gasteiger partial charge in [0.2, 0.25) is 11.8 Å². The number of ether oxygens (including phenoxy) is 1. The van der Waals surface area contributed by atoms with Gasteiger partial charge in [-0.3, -0.25) is 24.6 Å². The Hall–Kier alpha value is -2.48. The topological polar surface area (TPSA) is 79.0 Å². The van der Waals surface area contributed by atoms with Crippen molar-refractivity contribution in [2.24, 2.45) is 0 Å². The van der Waals surface area contributed by atoms with Crippen molar-refractivity contribution in [3.8, 4) is 5.75 Å². The summed E-state index contributed by atoms with van der Waals surface area (Å²) < 4.78 is 19.9. The summed E-state index contributed by atoms with van der Waals surface area (Å²) in [7, 11) is 0. The van der Waals surface area contributed by atoms with E-state index in [0.717, 1.165) is 43.7 Å². The second-order valence-corrected chi connectivity index (χ2v) is 9.08. The van der Waals surface area contributed by atoms with Crippen molar-refractivity contribution in [3.05, 3.63) is 29.3 Å². The van der Waals surface area contributed by atoms with E-state index in [-0.39, 0.29) is 24.3 Å². The summed E-state index contributed by atoms with van der Waals surface area (Å²) >= 11 is 0. The van der Waals surface area contributed by atoms with E-state index in [2.05, 4.69) is 10.2 Å². The summed E-state index contributed by atoms with van der Waals surface area (Å²) in [5.41, 5.74) is 1.44. The molecule has 1 unspecified atom stereocenters. The molecule has 4 aliphatic rings. The fraction of sp³-hybridized carbons (Fsp3) is 0.609. The number of imide groups is 1. The summed E-state index contributed by atoms with van der Waals surface area (Å²) in [5.74, 6) is -0.138. The molecular formula is C23H28FN3O4. The van der Waals surface area contributed by atoms with Crippen LogP contribution in [0.1, 0.15) is 60.9 Å². The molecule has 3 amide bonds. The van der Waals surface area contributed by atoms with E-state index < -0.39 is 18.1 Å². The van der Waals surface area contributed by atoms with E-state index in [1.807, 2.05) is 12.1 Å². The van der Waals surface area contributed by atoms with Crippen molar-refractivity contribution < 1.29 is 23.5 Å². The van der Waals surface area contributed by atoms with Crippen LogP contribution in [0.2, 0.25) is 0 Å². The maximum Gasteiger partial charge on any atom is 0.255 e.